The first-order valence-electron chi connectivity index (χ1n) is 22.1. The van der Waals surface area contributed by atoms with Crippen LogP contribution in [0.5, 0.6) is 0 Å². The van der Waals surface area contributed by atoms with Crippen molar-refractivity contribution < 1.29 is 0 Å². The molecule has 0 atom stereocenters. The van der Waals surface area contributed by atoms with Crippen LogP contribution in [0.25, 0.3) is 66.8 Å². The number of fused-ring (bicyclic) bond motifs is 18. The summed E-state index contributed by atoms with van der Waals surface area (Å²) in [4.78, 5) is 0. The number of benzene rings is 10. The Kier molecular flexibility index (Phi) is 8.13. The van der Waals surface area contributed by atoms with Gasteiger partial charge in [0.2, 0.25) is 0 Å². The summed E-state index contributed by atoms with van der Waals surface area (Å²) >= 11 is 0. The molecule has 0 radical (unpaired) electrons. The van der Waals surface area contributed by atoms with Crippen molar-refractivity contribution in [3.05, 3.63) is 253 Å². The van der Waals surface area contributed by atoms with Gasteiger partial charge in [-0.3, -0.25) is 0 Å². The van der Waals surface area contributed by atoms with Crippen LogP contribution in [0.3, 0.4) is 0 Å². The summed E-state index contributed by atoms with van der Waals surface area (Å²) < 4.78 is 0. The van der Waals surface area contributed by atoms with Crippen LogP contribution in [0.2, 0.25) is 0 Å². The van der Waals surface area contributed by atoms with Gasteiger partial charge < -0.3 is 16.0 Å². The van der Waals surface area contributed by atoms with Crippen molar-refractivity contribution in [2.24, 2.45) is 0 Å². The van der Waals surface area contributed by atoms with Crippen LogP contribution in [-0.2, 0) is 5.41 Å². The Labute approximate surface area is 373 Å². The smallest absolute Gasteiger partial charge is 0.0726 e. The lowest BCUT2D eigenvalue weighted by Crippen LogP contribution is -2.25. The van der Waals surface area contributed by atoms with Crippen molar-refractivity contribution in [2.75, 3.05) is 16.0 Å². The summed E-state index contributed by atoms with van der Waals surface area (Å²) in [5.74, 6) is 0. The van der Waals surface area contributed by atoms with Gasteiger partial charge in [-0.15, -0.1) is 0 Å². The minimum Gasteiger partial charge on any atom is -0.356 e. The lowest BCUT2D eigenvalue weighted by Gasteiger charge is -2.30. The summed E-state index contributed by atoms with van der Waals surface area (Å²) in [6, 6.07) is 83.9. The largest absolute Gasteiger partial charge is 0.356 e. The minimum atomic E-state index is -0.359. The van der Waals surface area contributed by atoms with E-state index in [2.05, 4.69) is 246 Å². The molecule has 0 fully saturated rings. The van der Waals surface area contributed by atoms with Crippen LogP contribution in [0.1, 0.15) is 22.3 Å². The molecule has 3 nitrogen and oxygen atoms in total. The van der Waals surface area contributed by atoms with Gasteiger partial charge in [-0.2, -0.15) is 0 Å². The van der Waals surface area contributed by atoms with E-state index >= 15 is 0 Å². The first-order valence-corrected chi connectivity index (χ1v) is 22.1. The van der Waals surface area contributed by atoms with E-state index in [1.54, 1.807) is 0 Å². The molecule has 1 spiro atoms. The third-order valence-corrected chi connectivity index (χ3v) is 13.6. The summed E-state index contributed by atoms with van der Waals surface area (Å²) in [5.41, 5.74) is 26.4. The Morgan fingerprint density at radius 1 is 0.188 bits per heavy atom. The highest BCUT2D eigenvalue weighted by atomic mass is 14.9. The molecule has 0 aliphatic heterocycles. The zero-order chi connectivity index (χ0) is 42.2. The highest BCUT2D eigenvalue weighted by Gasteiger charge is 2.51. The number of anilines is 6. The van der Waals surface area contributed by atoms with Gasteiger partial charge in [-0.05, 0) is 162 Å². The molecule has 0 saturated heterocycles. The van der Waals surface area contributed by atoms with Gasteiger partial charge in [0.15, 0.2) is 0 Å². The minimum absolute atomic E-state index is 0.359. The van der Waals surface area contributed by atoms with Crippen molar-refractivity contribution in [1.82, 2.24) is 0 Å². The van der Waals surface area contributed by atoms with Gasteiger partial charge >= 0.3 is 0 Å². The lowest BCUT2D eigenvalue weighted by atomic mass is 9.70. The molecule has 3 aliphatic rings. The third-order valence-electron chi connectivity index (χ3n) is 13.6. The molecule has 3 N–H and O–H groups in total. The molecule has 13 rings (SSSR count). The van der Waals surface area contributed by atoms with Gasteiger partial charge in [-0.25, -0.2) is 0 Å². The Balaban J connectivity index is 0.748. The number of rotatable bonds is 6. The SMILES string of the molecule is c1ccc2c(c1)-c1ccccc1-c1ccc(Nc3ccc(Nc4ccc(Nc5ccc6c(c5)C5(c7ccccc7-c7ccccc75)c5ccccc5-6)cc4)cc3)cc1-c1ccccc1-2. The van der Waals surface area contributed by atoms with Crippen LogP contribution in [0, 0.1) is 0 Å². The fraction of sp³-hybridized carbons (Fsp3) is 0.0164. The molecule has 0 aromatic heterocycles. The predicted molar refractivity (Wildman–Crippen MR) is 267 cm³/mol. The molecule has 0 saturated carbocycles. The van der Waals surface area contributed by atoms with E-state index in [0.29, 0.717) is 0 Å². The van der Waals surface area contributed by atoms with Crippen molar-refractivity contribution in [3.63, 3.8) is 0 Å². The molecule has 3 aliphatic carbocycles. The van der Waals surface area contributed by atoms with E-state index in [1.165, 1.54) is 89.0 Å². The standard InChI is InChI=1S/C61H41N3/c1-2-14-46-45(13-1)47-15-3-4-17-49(47)51-35-33-43(37-56(51)50-18-6-5-16-48(46)50)63-41-29-25-39(26-30-41)62-40-27-31-42(32-28-40)64-44-34-36-55-54-21-9-12-24-59(54)61(60(55)38-44)57-22-10-7-19-52(57)53-20-8-11-23-58(53)61/h1-38,62-64H. The van der Waals surface area contributed by atoms with Gasteiger partial charge in [0.1, 0.15) is 0 Å². The van der Waals surface area contributed by atoms with E-state index in [4.69, 9.17) is 0 Å². The van der Waals surface area contributed by atoms with Gasteiger partial charge in [0.05, 0.1) is 5.41 Å². The Bertz CT molecular complexity index is 3400. The summed E-state index contributed by atoms with van der Waals surface area (Å²) in [5, 5.41) is 11.0. The molecular weight excluding hydrogens is 775 g/mol. The number of hydrogen-bond acceptors (Lipinski definition) is 3. The molecule has 3 heteroatoms. The van der Waals surface area contributed by atoms with Gasteiger partial charge in [0, 0.05) is 34.1 Å². The van der Waals surface area contributed by atoms with Gasteiger partial charge in [-0.1, -0.05) is 158 Å². The van der Waals surface area contributed by atoms with E-state index in [0.717, 1.165) is 34.1 Å². The molecule has 300 valence electrons. The fourth-order valence-corrected chi connectivity index (χ4v) is 10.9. The molecular formula is C61H41N3. The zero-order valence-corrected chi connectivity index (χ0v) is 34.9. The highest BCUT2D eigenvalue weighted by molar-refractivity contribution is 6.04. The first kappa shape index (κ1) is 36.3. The van der Waals surface area contributed by atoms with Crippen molar-refractivity contribution >= 4 is 34.1 Å². The maximum absolute atomic E-state index is 3.74. The van der Waals surface area contributed by atoms with E-state index in [1.807, 2.05) is 0 Å². The maximum Gasteiger partial charge on any atom is 0.0726 e. The second-order valence-electron chi connectivity index (χ2n) is 17.1. The van der Waals surface area contributed by atoms with Crippen LogP contribution >= 0.6 is 0 Å². The van der Waals surface area contributed by atoms with Gasteiger partial charge in [0.25, 0.3) is 0 Å². The first-order chi connectivity index (χ1) is 31.7. The molecule has 10 aromatic carbocycles. The average molecular weight is 816 g/mol. The van der Waals surface area contributed by atoms with E-state index < -0.39 is 0 Å². The van der Waals surface area contributed by atoms with Crippen LogP contribution in [0.15, 0.2) is 231 Å². The molecule has 0 unspecified atom stereocenters. The maximum atomic E-state index is 3.74. The van der Waals surface area contributed by atoms with Crippen LogP contribution in [-0.4, -0.2) is 0 Å². The lowest BCUT2D eigenvalue weighted by molar-refractivity contribution is 0.794. The number of hydrogen-bond donors (Lipinski definition) is 3. The Hall–Kier alpha value is -8.40. The second-order valence-corrected chi connectivity index (χ2v) is 17.1. The van der Waals surface area contributed by atoms with Crippen molar-refractivity contribution in [2.45, 2.75) is 5.41 Å². The zero-order valence-electron chi connectivity index (χ0n) is 34.9. The normalized spacial score (nSPS) is 12.8. The van der Waals surface area contributed by atoms with E-state index in [9.17, 15) is 0 Å². The Morgan fingerprint density at radius 2 is 0.438 bits per heavy atom. The molecule has 10 aromatic rings. The van der Waals surface area contributed by atoms with Crippen LogP contribution in [0.4, 0.5) is 34.1 Å². The third kappa shape index (κ3) is 5.54. The second kappa shape index (κ2) is 14.3. The summed E-state index contributed by atoms with van der Waals surface area (Å²) in [6.45, 7) is 0. The molecule has 0 amide bonds. The predicted octanol–water partition coefficient (Wildman–Crippen LogP) is 16.2. The van der Waals surface area contributed by atoms with Crippen molar-refractivity contribution in [1.29, 1.82) is 0 Å². The Morgan fingerprint density at radius 3 is 0.828 bits per heavy atom. The highest BCUT2D eigenvalue weighted by Crippen LogP contribution is 2.63. The molecule has 0 bridgehead atoms. The summed E-state index contributed by atoms with van der Waals surface area (Å²) in [6.07, 6.45) is 0. The topological polar surface area (TPSA) is 36.1 Å². The molecule has 0 heterocycles. The quantitative estimate of drug-likeness (QED) is 0.156. The molecule has 64 heavy (non-hydrogen) atoms. The monoisotopic (exact) mass is 815 g/mol. The number of nitrogens with one attached hydrogen (secondary N) is 3. The van der Waals surface area contributed by atoms with Crippen LogP contribution < -0.4 is 16.0 Å². The fourth-order valence-electron chi connectivity index (χ4n) is 10.9. The van der Waals surface area contributed by atoms with E-state index in [-0.39, 0.29) is 5.41 Å². The van der Waals surface area contributed by atoms with Crippen molar-refractivity contribution in [3.8, 4) is 66.8 Å². The average Bonchev–Trinajstić information content (AvgIpc) is 3.82. The summed E-state index contributed by atoms with van der Waals surface area (Å²) in [7, 11) is 0.